The maximum Gasteiger partial charge on any atom is 0.277 e. The number of aromatic nitrogens is 1. The number of rotatable bonds is 5. The molecule has 0 radical (unpaired) electrons. The summed E-state index contributed by atoms with van der Waals surface area (Å²) in [4.78, 5) is 11.5. The van der Waals surface area contributed by atoms with Crippen LogP contribution in [0.5, 0.6) is 5.75 Å². The summed E-state index contributed by atoms with van der Waals surface area (Å²) in [6.45, 7) is 1.93. The SMILES string of the molecule is Cc1ccc(OCC(=O)N/N=C\c2cccn2C)cc1. The molecular formula is C15H17N3O2. The lowest BCUT2D eigenvalue weighted by molar-refractivity contribution is -0.123. The molecule has 0 saturated carbocycles. The molecule has 1 aromatic carbocycles. The number of nitrogens with one attached hydrogen (secondary N) is 1. The smallest absolute Gasteiger partial charge is 0.277 e. The van der Waals surface area contributed by atoms with Crippen molar-refractivity contribution in [2.24, 2.45) is 12.1 Å². The van der Waals surface area contributed by atoms with Gasteiger partial charge in [-0.05, 0) is 31.2 Å². The van der Waals surface area contributed by atoms with Gasteiger partial charge in [0.15, 0.2) is 6.61 Å². The van der Waals surface area contributed by atoms with E-state index in [4.69, 9.17) is 4.74 Å². The van der Waals surface area contributed by atoms with Crippen molar-refractivity contribution in [1.82, 2.24) is 9.99 Å². The summed E-state index contributed by atoms with van der Waals surface area (Å²) in [5.74, 6) is 0.369. The zero-order chi connectivity index (χ0) is 14.4. The third kappa shape index (κ3) is 3.98. The second-order valence-corrected chi connectivity index (χ2v) is 4.44. The van der Waals surface area contributed by atoms with E-state index in [1.54, 1.807) is 6.21 Å². The molecule has 20 heavy (non-hydrogen) atoms. The van der Waals surface area contributed by atoms with Gasteiger partial charge in [0.2, 0.25) is 0 Å². The monoisotopic (exact) mass is 271 g/mol. The third-order valence-corrected chi connectivity index (χ3v) is 2.76. The van der Waals surface area contributed by atoms with E-state index in [2.05, 4.69) is 10.5 Å². The number of aryl methyl sites for hydroxylation is 2. The summed E-state index contributed by atoms with van der Waals surface area (Å²) >= 11 is 0. The molecule has 1 amide bonds. The first kappa shape index (κ1) is 13.9. The summed E-state index contributed by atoms with van der Waals surface area (Å²) in [6.07, 6.45) is 3.49. The molecule has 0 atom stereocenters. The van der Waals surface area contributed by atoms with E-state index < -0.39 is 0 Å². The summed E-state index contributed by atoms with van der Waals surface area (Å²) < 4.78 is 7.24. The van der Waals surface area contributed by atoms with Gasteiger partial charge in [0, 0.05) is 13.2 Å². The van der Waals surface area contributed by atoms with E-state index in [0.29, 0.717) is 5.75 Å². The lowest BCUT2D eigenvalue weighted by Gasteiger charge is -2.05. The molecular weight excluding hydrogens is 254 g/mol. The van der Waals surface area contributed by atoms with Crippen molar-refractivity contribution in [1.29, 1.82) is 0 Å². The maximum absolute atomic E-state index is 11.5. The zero-order valence-electron chi connectivity index (χ0n) is 11.5. The zero-order valence-corrected chi connectivity index (χ0v) is 11.5. The second kappa shape index (κ2) is 6.56. The molecule has 0 saturated heterocycles. The fourth-order valence-corrected chi connectivity index (χ4v) is 1.59. The van der Waals surface area contributed by atoms with Gasteiger partial charge in [-0.2, -0.15) is 5.10 Å². The molecule has 1 aromatic heterocycles. The average molecular weight is 271 g/mol. The van der Waals surface area contributed by atoms with Crippen LogP contribution in [0, 0.1) is 6.92 Å². The van der Waals surface area contributed by atoms with Crippen molar-refractivity contribution < 1.29 is 9.53 Å². The Bertz CT molecular complexity index is 600. The van der Waals surface area contributed by atoms with Crippen LogP contribution in [0.4, 0.5) is 0 Å². The van der Waals surface area contributed by atoms with E-state index in [1.165, 1.54) is 0 Å². The minimum Gasteiger partial charge on any atom is -0.484 e. The summed E-state index contributed by atoms with van der Waals surface area (Å²) in [5.41, 5.74) is 4.48. The molecule has 0 fully saturated rings. The first-order chi connectivity index (χ1) is 9.65. The summed E-state index contributed by atoms with van der Waals surface area (Å²) in [7, 11) is 1.91. The quantitative estimate of drug-likeness (QED) is 0.666. The lowest BCUT2D eigenvalue weighted by atomic mass is 10.2. The van der Waals surface area contributed by atoms with Gasteiger partial charge in [0.25, 0.3) is 5.91 Å². The van der Waals surface area contributed by atoms with Gasteiger partial charge >= 0.3 is 0 Å². The maximum atomic E-state index is 11.5. The molecule has 5 nitrogen and oxygen atoms in total. The standard InChI is InChI=1S/C15H17N3O2/c1-12-5-7-14(8-6-12)20-11-15(19)17-16-10-13-4-3-9-18(13)2/h3-10H,11H2,1-2H3,(H,17,19)/b16-10-. The Morgan fingerprint density at radius 3 is 2.75 bits per heavy atom. The van der Waals surface area contributed by atoms with E-state index in [9.17, 15) is 4.79 Å². The molecule has 1 N–H and O–H groups in total. The Hall–Kier alpha value is -2.56. The van der Waals surface area contributed by atoms with Crippen molar-refractivity contribution in [2.75, 3.05) is 6.61 Å². The predicted molar refractivity (Wildman–Crippen MR) is 77.8 cm³/mol. The molecule has 0 aliphatic rings. The number of carbonyl (C=O) groups excluding carboxylic acids is 1. The molecule has 104 valence electrons. The van der Waals surface area contributed by atoms with Crippen molar-refractivity contribution >= 4 is 12.1 Å². The minimum absolute atomic E-state index is 0.0620. The predicted octanol–water partition coefficient (Wildman–Crippen LogP) is 1.86. The average Bonchev–Trinajstić information content (AvgIpc) is 2.84. The molecule has 0 aliphatic carbocycles. The topological polar surface area (TPSA) is 55.6 Å². The molecule has 2 aromatic rings. The van der Waals surface area contributed by atoms with Crippen LogP contribution >= 0.6 is 0 Å². The minimum atomic E-state index is -0.295. The number of nitrogens with zero attached hydrogens (tertiary/aromatic N) is 2. The van der Waals surface area contributed by atoms with Crippen molar-refractivity contribution in [3.8, 4) is 5.75 Å². The molecule has 2 rings (SSSR count). The Labute approximate surface area is 117 Å². The van der Waals surface area contributed by atoms with Crippen LogP contribution < -0.4 is 10.2 Å². The van der Waals surface area contributed by atoms with E-state index in [1.807, 2.05) is 61.1 Å². The number of ether oxygens (including phenoxy) is 1. The van der Waals surface area contributed by atoms with Crippen molar-refractivity contribution in [3.05, 3.63) is 53.9 Å². The van der Waals surface area contributed by atoms with Gasteiger partial charge < -0.3 is 9.30 Å². The van der Waals surface area contributed by atoms with E-state index >= 15 is 0 Å². The van der Waals surface area contributed by atoms with Crippen LogP contribution in [0.2, 0.25) is 0 Å². The first-order valence-corrected chi connectivity index (χ1v) is 6.28. The van der Waals surface area contributed by atoms with Gasteiger partial charge in [0.05, 0.1) is 11.9 Å². The molecule has 0 spiro atoms. The number of hydrogen-bond acceptors (Lipinski definition) is 3. The number of carbonyl (C=O) groups is 1. The summed E-state index contributed by atoms with van der Waals surface area (Å²) in [6, 6.07) is 11.3. The molecule has 5 heteroatoms. The summed E-state index contributed by atoms with van der Waals surface area (Å²) in [5, 5.41) is 3.88. The van der Waals surface area contributed by atoms with Gasteiger partial charge in [-0.3, -0.25) is 4.79 Å². The lowest BCUT2D eigenvalue weighted by Crippen LogP contribution is -2.24. The van der Waals surface area contributed by atoms with Gasteiger partial charge in [0.1, 0.15) is 5.75 Å². The van der Waals surface area contributed by atoms with Gasteiger partial charge in [-0.1, -0.05) is 17.7 Å². The molecule has 0 unspecified atom stereocenters. The fraction of sp³-hybridized carbons (Fsp3) is 0.200. The van der Waals surface area contributed by atoms with Crippen LogP contribution in [0.25, 0.3) is 0 Å². The highest BCUT2D eigenvalue weighted by atomic mass is 16.5. The van der Waals surface area contributed by atoms with E-state index in [0.717, 1.165) is 11.3 Å². The van der Waals surface area contributed by atoms with Crippen LogP contribution in [0.15, 0.2) is 47.7 Å². The highest BCUT2D eigenvalue weighted by Gasteiger charge is 2.01. The largest absolute Gasteiger partial charge is 0.484 e. The third-order valence-electron chi connectivity index (χ3n) is 2.76. The molecule has 0 aliphatic heterocycles. The van der Waals surface area contributed by atoms with Crippen LogP contribution in [0.3, 0.4) is 0 Å². The highest BCUT2D eigenvalue weighted by molar-refractivity contribution is 5.81. The van der Waals surface area contributed by atoms with Gasteiger partial charge in [-0.15, -0.1) is 0 Å². The normalized spacial score (nSPS) is 10.7. The molecule has 0 bridgehead atoms. The van der Waals surface area contributed by atoms with Crippen LogP contribution in [-0.2, 0) is 11.8 Å². The number of hydrogen-bond donors (Lipinski definition) is 1. The fourth-order valence-electron chi connectivity index (χ4n) is 1.59. The van der Waals surface area contributed by atoms with Gasteiger partial charge in [-0.25, -0.2) is 5.43 Å². The number of amides is 1. The number of hydrazone groups is 1. The first-order valence-electron chi connectivity index (χ1n) is 6.28. The van der Waals surface area contributed by atoms with Crippen molar-refractivity contribution in [3.63, 3.8) is 0 Å². The Balaban J connectivity index is 1.77. The molecule has 1 heterocycles. The van der Waals surface area contributed by atoms with E-state index in [-0.39, 0.29) is 12.5 Å². The van der Waals surface area contributed by atoms with Crippen molar-refractivity contribution in [2.45, 2.75) is 6.92 Å². The Kier molecular flexibility index (Phi) is 4.55. The Morgan fingerprint density at radius 2 is 2.10 bits per heavy atom. The second-order valence-electron chi connectivity index (χ2n) is 4.44. The number of benzene rings is 1. The van der Waals surface area contributed by atoms with Crippen LogP contribution in [-0.4, -0.2) is 23.3 Å². The highest BCUT2D eigenvalue weighted by Crippen LogP contribution is 2.10. The van der Waals surface area contributed by atoms with Crippen LogP contribution in [0.1, 0.15) is 11.3 Å². The Morgan fingerprint density at radius 1 is 1.35 bits per heavy atom.